The van der Waals surface area contributed by atoms with E-state index in [-0.39, 0.29) is 29.3 Å². The molecule has 0 spiro atoms. The van der Waals surface area contributed by atoms with E-state index in [1.807, 2.05) is 54.6 Å². The summed E-state index contributed by atoms with van der Waals surface area (Å²) in [5, 5.41) is 0.147. The van der Waals surface area contributed by atoms with Crippen LogP contribution in [-0.4, -0.2) is 44.1 Å². The molecule has 30 heavy (non-hydrogen) atoms. The first-order valence-corrected chi connectivity index (χ1v) is 13.6. The van der Waals surface area contributed by atoms with E-state index in [9.17, 15) is 9.59 Å². The van der Waals surface area contributed by atoms with Crippen molar-refractivity contribution in [2.45, 2.75) is 57.8 Å². The maximum Gasteiger partial charge on any atom is 0.254 e. The first kappa shape index (κ1) is 22.4. The van der Waals surface area contributed by atoms with Crippen LogP contribution in [0.2, 0.25) is 18.1 Å². The van der Waals surface area contributed by atoms with Crippen LogP contribution in [0.15, 0.2) is 54.6 Å². The molecule has 3 rings (SSSR count). The molecule has 1 fully saturated rings. The zero-order valence-electron chi connectivity index (χ0n) is 18.8. The minimum atomic E-state index is -1.83. The van der Waals surface area contributed by atoms with Crippen LogP contribution >= 0.6 is 0 Å². The predicted octanol–water partition coefficient (Wildman–Crippen LogP) is 5.55. The van der Waals surface area contributed by atoms with Crippen molar-refractivity contribution >= 4 is 20.0 Å². The van der Waals surface area contributed by atoms with Crippen molar-refractivity contribution in [3.05, 3.63) is 60.2 Å². The predicted molar refractivity (Wildman–Crippen MR) is 124 cm³/mol. The molecule has 0 N–H and O–H groups in total. The Labute approximate surface area is 181 Å². The van der Waals surface area contributed by atoms with Gasteiger partial charge in [-0.2, -0.15) is 0 Å². The average molecular weight is 424 g/mol. The fourth-order valence-electron chi connectivity index (χ4n) is 3.52. The molecule has 0 saturated carbocycles. The second-order valence-electron chi connectivity index (χ2n) is 9.67. The van der Waals surface area contributed by atoms with Crippen molar-refractivity contribution in [1.29, 1.82) is 0 Å². The van der Waals surface area contributed by atoms with Crippen LogP contribution in [0.5, 0.6) is 0 Å². The van der Waals surface area contributed by atoms with E-state index < -0.39 is 8.32 Å². The summed E-state index contributed by atoms with van der Waals surface area (Å²) < 4.78 is 6.28. The maximum absolute atomic E-state index is 13.1. The number of carbonyl (C=O) groups excluding carboxylic acids is 2. The highest BCUT2D eigenvalue weighted by molar-refractivity contribution is 6.74. The summed E-state index contributed by atoms with van der Waals surface area (Å²) in [5.74, 6) is 0.0550. The number of rotatable bonds is 6. The smallest absolute Gasteiger partial charge is 0.254 e. The van der Waals surface area contributed by atoms with Crippen LogP contribution in [0, 0.1) is 0 Å². The summed E-state index contributed by atoms with van der Waals surface area (Å²) in [6.07, 6.45) is 1.13. The molecule has 4 nitrogen and oxygen atoms in total. The molecule has 1 heterocycles. The number of hydrogen-bond acceptors (Lipinski definition) is 3. The number of Topliss-reactive ketones (excluding diaryl/α,β-unsaturated/α-hetero) is 1. The zero-order valence-corrected chi connectivity index (χ0v) is 19.8. The number of nitrogens with zero attached hydrogens (tertiary/aromatic N) is 1. The highest BCUT2D eigenvalue weighted by Gasteiger charge is 2.38. The Morgan fingerprint density at radius 2 is 1.63 bits per heavy atom. The van der Waals surface area contributed by atoms with Gasteiger partial charge in [0.15, 0.2) is 14.1 Å². The van der Waals surface area contributed by atoms with E-state index in [4.69, 9.17) is 4.43 Å². The molecule has 1 saturated heterocycles. The molecule has 1 atom stereocenters. The van der Waals surface area contributed by atoms with Crippen molar-refractivity contribution in [2.75, 3.05) is 13.2 Å². The SMILES string of the molecule is CC(C)(C)[Si](C)(C)OCCC1CC(=O)CN1C(=O)c1ccc(-c2ccccc2)cc1. The van der Waals surface area contributed by atoms with Gasteiger partial charge in [0.1, 0.15) is 0 Å². The van der Waals surface area contributed by atoms with Crippen molar-refractivity contribution in [3.63, 3.8) is 0 Å². The molecular weight excluding hydrogens is 390 g/mol. The van der Waals surface area contributed by atoms with Gasteiger partial charge in [-0.25, -0.2) is 0 Å². The fourth-order valence-corrected chi connectivity index (χ4v) is 4.58. The van der Waals surface area contributed by atoms with Gasteiger partial charge in [0.2, 0.25) is 0 Å². The minimum absolute atomic E-state index is 0.0715. The molecule has 1 aliphatic rings. The third-order valence-corrected chi connectivity index (χ3v) is 11.0. The lowest BCUT2D eigenvalue weighted by atomic mass is 10.0. The summed E-state index contributed by atoms with van der Waals surface area (Å²) in [4.78, 5) is 27.0. The van der Waals surface area contributed by atoms with Crippen LogP contribution < -0.4 is 0 Å². The van der Waals surface area contributed by atoms with Gasteiger partial charge >= 0.3 is 0 Å². The molecule has 0 aliphatic carbocycles. The number of benzene rings is 2. The van der Waals surface area contributed by atoms with Crippen molar-refractivity contribution in [1.82, 2.24) is 4.90 Å². The highest BCUT2D eigenvalue weighted by atomic mass is 28.4. The van der Waals surface area contributed by atoms with Crippen molar-refractivity contribution in [2.24, 2.45) is 0 Å². The quantitative estimate of drug-likeness (QED) is 0.572. The van der Waals surface area contributed by atoms with Crippen LogP contribution in [0.25, 0.3) is 11.1 Å². The summed E-state index contributed by atoms with van der Waals surface area (Å²) in [6, 6.07) is 17.7. The van der Waals surface area contributed by atoms with E-state index in [1.54, 1.807) is 4.90 Å². The van der Waals surface area contributed by atoms with Gasteiger partial charge in [0.05, 0.1) is 6.54 Å². The van der Waals surface area contributed by atoms with Gasteiger partial charge < -0.3 is 9.33 Å². The third kappa shape index (κ3) is 5.08. The topological polar surface area (TPSA) is 46.6 Å². The lowest BCUT2D eigenvalue weighted by Crippen LogP contribution is -2.42. The Hall–Kier alpha value is -2.24. The lowest BCUT2D eigenvalue weighted by Gasteiger charge is -2.36. The number of hydrogen-bond donors (Lipinski definition) is 0. The average Bonchev–Trinajstić information content (AvgIpc) is 3.07. The van der Waals surface area contributed by atoms with Crippen molar-refractivity contribution in [3.8, 4) is 11.1 Å². The first-order chi connectivity index (χ1) is 14.1. The molecule has 0 bridgehead atoms. The normalized spacial score (nSPS) is 17.4. The Morgan fingerprint density at radius 3 is 2.23 bits per heavy atom. The van der Waals surface area contributed by atoms with E-state index >= 15 is 0 Å². The molecular formula is C25H33NO3Si. The molecule has 0 aromatic heterocycles. The number of likely N-dealkylation sites (tertiary alicyclic amines) is 1. The summed E-state index contributed by atoms with van der Waals surface area (Å²) >= 11 is 0. The van der Waals surface area contributed by atoms with Gasteiger partial charge in [-0.1, -0.05) is 63.2 Å². The van der Waals surface area contributed by atoms with Crippen LogP contribution in [0.3, 0.4) is 0 Å². The second-order valence-corrected chi connectivity index (χ2v) is 14.5. The molecule has 1 aliphatic heterocycles. The van der Waals surface area contributed by atoms with E-state index in [0.717, 1.165) is 11.1 Å². The number of ketones is 1. The van der Waals surface area contributed by atoms with Gasteiger partial charge in [0.25, 0.3) is 5.91 Å². The first-order valence-electron chi connectivity index (χ1n) is 10.7. The molecule has 2 aromatic carbocycles. The molecule has 0 radical (unpaired) electrons. The van der Waals surface area contributed by atoms with Crippen LogP contribution in [0.4, 0.5) is 0 Å². The Balaban J connectivity index is 1.66. The fraction of sp³-hybridized carbons (Fsp3) is 0.440. The second kappa shape index (κ2) is 8.86. The molecule has 160 valence electrons. The summed E-state index contributed by atoms with van der Waals surface area (Å²) in [5.41, 5.74) is 2.82. The van der Waals surface area contributed by atoms with Gasteiger partial charge in [-0.3, -0.25) is 9.59 Å². The Kier molecular flexibility index (Phi) is 6.63. The number of carbonyl (C=O) groups is 2. The van der Waals surface area contributed by atoms with E-state index in [1.165, 1.54) is 0 Å². The lowest BCUT2D eigenvalue weighted by molar-refractivity contribution is -0.116. The highest BCUT2D eigenvalue weighted by Crippen LogP contribution is 2.36. The van der Waals surface area contributed by atoms with E-state index in [0.29, 0.717) is 25.0 Å². The third-order valence-electron chi connectivity index (χ3n) is 6.47. The monoisotopic (exact) mass is 423 g/mol. The zero-order chi connectivity index (χ0) is 21.9. The van der Waals surface area contributed by atoms with Gasteiger partial charge in [0, 0.05) is 24.6 Å². The molecule has 5 heteroatoms. The number of amides is 1. The standard InChI is InChI=1S/C25H33NO3Si/c1-25(2,3)30(4,5)29-16-15-22-17-23(27)18-26(22)24(28)21-13-11-20(12-14-21)19-9-7-6-8-10-19/h6-14,22H,15-18H2,1-5H3. The molecule has 1 amide bonds. The van der Waals surface area contributed by atoms with Crippen molar-refractivity contribution < 1.29 is 14.0 Å². The molecule has 1 unspecified atom stereocenters. The summed E-state index contributed by atoms with van der Waals surface area (Å²) in [6.45, 7) is 11.9. The molecule has 2 aromatic rings. The van der Waals surface area contributed by atoms with Gasteiger partial charge in [-0.05, 0) is 47.8 Å². The Bertz CT molecular complexity index is 885. The van der Waals surface area contributed by atoms with E-state index in [2.05, 4.69) is 33.9 Å². The van der Waals surface area contributed by atoms with Crippen LogP contribution in [0.1, 0.15) is 44.0 Å². The Morgan fingerprint density at radius 1 is 1.03 bits per heavy atom. The summed E-state index contributed by atoms with van der Waals surface area (Å²) in [7, 11) is -1.83. The minimum Gasteiger partial charge on any atom is -0.417 e. The largest absolute Gasteiger partial charge is 0.417 e. The van der Waals surface area contributed by atoms with Gasteiger partial charge in [-0.15, -0.1) is 0 Å². The van der Waals surface area contributed by atoms with Crippen LogP contribution in [-0.2, 0) is 9.22 Å². The maximum atomic E-state index is 13.1.